The van der Waals surface area contributed by atoms with Crippen molar-refractivity contribution in [1.29, 1.82) is 5.26 Å². The third kappa shape index (κ3) is 4.66. The minimum absolute atomic E-state index is 0. The zero-order chi connectivity index (χ0) is 12.9. The van der Waals surface area contributed by atoms with E-state index in [-0.39, 0.29) is 13.5 Å². The summed E-state index contributed by atoms with van der Waals surface area (Å²) in [7, 11) is 0. The molecule has 0 saturated carbocycles. The Morgan fingerprint density at radius 1 is 1.28 bits per heavy atom. The molecule has 1 aromatic carbocycles. The van der Waals surface area contributed by atoms with Gasteiger partial charge >= 0.3 is 6.18 Å². The molecule has 1 N–H and O–H groups in total. The van der Waals surface area contributed by atoms with E-state index in [1.807, 2.05) is 13.0 Å². The molecule has 18 heavy (non-hydrogen) atoms. The fourth-order valence-corrected chi connectivity index (χ4v) is 1.40. The fourth-order valence-electron chi connectivity index (χ4n) is 1.40. The number of nitrogens with one attached hydrogen (secondary N) is 1. The number of rotatable bonds is 4. The first-order chi connectivity index (χ1) is 7.97. The van der Waals surface area contributed by atoms with Gasteiger partial charge in [0.05, 0.1) is 18.1 Å². The molecule has 1 aromatic rings. The van der Waals surface area contributed by atoms with E-state index in [1.54, 1.807) is 0 Å². The molecule has 0 heterocycles. The summed E-state index contributed by atoms with van der Waals surface area (Å²) in [5.41, 5.74) is -0.0727. The van der Waals surface area contributed by atoms with Gasteiger partial charge in [-0.15, -0.1) is 0 Å². The lowest BCUT2D eigenvalue weighted by molar-refractivity contribution is -0.137. The lowest BCUT2D eigenvalue weighted by atomic mass is 10.1. The summed E-state index contributed by atoms with van der Waals surface area (Å²) < 4.78 is 36.9. The van der Waals surface area contributed by atoms with Crippen LogP contribution in [0.2, 0.25) is 0 Å². The van der Waals surface area contributed by atoms with Crippen LogP contribution in [0.1, 0.15) is 32.8 Å². The summed E-state index contributed by atoms with van der Waals surface area (Å²) >= 11 is 0. The number of anilines is 1. The molecule has 0 aliphatic carbocycles. The summed E-state index contributed by atoms with van der Waals surface area (Å²) in [6.45, 7) is 1.92. The Hall–Kier alpha value is -1.70. The first-order valence-electron chi connectivity index (χ1n) is 5.28. The third-order valence-corrected chi connectivity index (χ3v) is 2.41. The highest BCUT2D eigenvalue weighted by Gasteiger charge is 2.29. The van der Waals surface area contributed by atoms with E-state index >= 15 is 0 Å². The van der Waals surface area contributed by atoms with Crippen LogP contribution >= 0.6 is 0 Å². The highest BCUT2D eigenvalue weighted by molar-refractivity contribution is 5.46. The summed E-state index contributed by atoms with van der Waals surface area (Å²) in [5.74, 6) is 0. The van der Waals surface area contributed by atoms with Crippen molar-refractivity contribution in [2.24, 2.45) is 0 Å². The predicted octanol–water partition coefficient (Wildman–Crippen LogP) is 4.45. The first kappa shape index (κ1) is 16.3. The fraction of sp³-hybridized carbons (Fsp3) is 0.462. The van der Waals surface area contributed by atoms with E-state index in [9.17, 15) is 13.2 Å². The van der Waals surface area contributed by atoms with Crippen LogP contribution in [0, 0.1) is 11.3 Å². The Labute approximate surface area is 105 Å². The highest BCUT2D eigenvalue weighted by atomic mass is 19.4. The molecule has 0 spiro atoms. The summed E-state index contributed by atoms with van der Waals surface area (Å²) in [6, 6.07) is 6.82. The maximum Gasteiger partial charge on any atom is 0.416 e. The van der Waals surface area contributed by atoms with E-state index in [2.05, 4.69) is 5.32 Å². The molecule has 0 aliphatic rings. The van der Waals surface area contributed by atoms with Crippen molar-refractivity contribution in [2.45, 2.75) is 39.4 Å². The Kier molecular flexibility index (Phi) is 6.24. The van der Waals surface area contributed by atoms with Crippen LogP contribution in [0.4, 0.5) is 18.9 Å². The normalized spacial score (nSPS) is 12.2. The van der Waals surface area contributed by atoms with Gasteiger partial charge in [0.25, 0.3) is 0 Å². The summed E-state index contributed by atoms with van der Waals surface area (Å²) in [4.78, 5) is 0. The highest BCUT2D eigenvalue weighted by Crippen LogP contribution is 2.29. The number of halogens is 3. The molecule has 100 valence electrons. The number of nitriles is 1. The maximum absolute atomic E-state index is 12.3. The van der Waals surface area contributed by atoms with Crippen molar-refractivity contribution in [1.82, 2.24) is 0 Å². The SMILES string of the molecule is C.CC[C@H](CC#N)Nc1ccc(C(F)(F)F)cc1. The van der Waals surface area contributed by atoms with Crippen molar-refractivity contribution >= 4 is 5.69 Å². The molecular formula is C13H17F3N2. The molecule has 2 nitrogen and oxygen atoms in total. The molecule has 0 fully saturated rings. The van der Waals surface area contributed by atoms with Gasteiger partial charge in [-0.05, 0) is 30.7 Å². The largest absolute Gasteiger partial charge is 0.416 e. The smallest absolute Gasteiger partial charge is 0.381 e. The lowest BCUT2D eigenvalue weighted by Crippen LogP contribution is -2.17. The van der Waals surface area contributed by atoms with Gasteiger partial charge in [-0.25, -0.2) is 0 Å². The van der Waals surface area contributed by atoms with Gasteiger partial charge in [-0.3, -0.25) is 0 Å². The number of nitrogens with zero attached hydrogens (tertiary/aromatic N) is 1. The van der Waals surface area contributed by atoms with Gasteiger partial charge < -0.3 is 5.32 Å². The molecule has 0 bridgehead atoms. The third-order valence-electron chi connectivity index (χ3n) is 2.41. The second-order valence-corrected chi connectivity index (χ2v) is 3.69. The van der Waals surface area contributed by atoms with E-state index in [0.717, 1.165) is 18.6 Å². The molecule has 5 heteroatoms. The predicted molar refractivity (Wildman–Crippen MR) is 66.1 cm³/mol. The average Bonchev–Trinajstić information content (AvgIpc) is 2.28. The van der Waals surface area contributed by atoms with Crippen LogP contribution in [0.3, 0.4) is 0 Å². The molecular weight excluding hydrogens is 241 g/mol. The van der Waals surface area contributed by atoms with Crippen LogP contribution in [0.5, 0.6) is 0 Å². The van der Waals surface area contributed by atoms with Crippen molar-refractivity contribution in [3.05, 3.63) is 29.8 Å². The molecule has 0 saturated heterocycles. The van der Waals surface area contributed by atoms with Crippen LogP contribution in [-0.2, 0) is 6.18 Å². The van der Waals surface area contributed by atoms with Gasteiger partial charge in [-0.2, -0.15) is 18.4 Å². The molecule has 0 unspecified atom stereocenters. The standard InChI is InChI=1S/C12H13F3N2.CH4/c1-2-10(7-8-16)17-11-5-3-9(4-6-11)12(13,14)15;/h3-6,10,17H,2,7H2,1H3;1H4/t10-;/m1./s1. The number of benzene rings is 1. The van der Waals surface area contributed by atoms with Crippen molar-refractivity contribution in [3.8, 4) is 6.07 Å². The van der Waals surface area contributed by atoms with E-state index in [4.69, 9.17) is 5.26 Å². The van der Waals surface area contributed by atoms with Gasteiger partial charge in [-0.1, -0.05) is 14.4 Å². The monoisotopic (exact) mass is 258 g/mol. The topological polar surface area (TPSA) is 35.8 Å². The molecule has 1 atom stereocenters. The molecule has 1 rings (SSSR count). The van der Waals surface area contributed by atoms with Crippen LogP contribution < -0.4 is 5.32 Å². The van der Waals surface area contributed by atoms with E-state index in [0.29, 0.717) is 12.1 Å². The summed E-state index contributed by atoms with van der Waals surface area (Å²) in [6.07, 6.45) is -3.23. The van der Waals surface area contributed by atoms with E-state index in [1.165, 1.54) is 12.1 Å². The van der Waals surface area contributed by atoms with E-state index < -0.39 is 11.7 Å². The van der Waals surface area contributed by atoms with Crippen LogP contribution in [-0.4, -0.2) is 6.04 Å². The second kappa shape index (κ2) is 6.90. The first-order valence-corrected chi connectivity index (χ1v) is 5.28. The molecule has 0 radical (unpaired) electrons. The number of alkyl halides is 3. The Morgan fingerprint density at radius 3 is 2.22 bits per heavy atom. The van der Waals surface area contributed by atoms with Gasteiger partial charge in [0.2, 0.25) is 0 Å². The molecule has 0 amide bonds. The quantitative estimate of drug-likeness (QED) is 0.866. The Balaban J connectivity index is 0.00000289. The second-order valence-electron chi connectivity index (χ2n) is 3.69. The van der Waals surface area contributed by atoms with Gasteiger partial charge in [0, 0.05) is 11.7 Å². The Bertz CT molecular complexity index is 390. The number of hydrogen-bond acceptors (Lipinski definition) is 2. The van der Waals surface area contributed by atoms with Crippen molar-refractivity contribution in [3.63, 3.8) is 0 Å². The average molecular weight is 258 g/mol. The minimum Gasteiger partial charge on any atom is -0.381 e. The number of hydrogen-bond donors (Lipinski definition) is 1. The molecule has 0 aliphatic heterocycles. The van der Waals surface area contributed by atoms with Crippen molar-refractivity contribution in [2.75, 3.05) is 5.32 Å². The van der Waals surface area contributed by atoms with Crippen LogP contribution in [0.15, 0.2) is 24.3 Å². The van der Waals surface area contributed by atoms with Gasteiger partial charge in [0.15, 0.2) is 0 Å². The molecule has 0 aromatic heterocycles. The summed E-state index contributed by atoms with van der Waals surface area (Å²) in [5, 5.41) is 11.6. The zero-order valence-corrected chi connectivity index (χ0v) is 9.38. The maximum atomic E-state index is 12.3. The minimum atomic E-state index is -4.31. The zero-order valence-electron chi connectivity index (χ0n) is 9.38. The van der Waals surface area contributed by atoms with Gasteiger partial charge in [0.1, 0.15) is 0 Å². The Morgan fingerprint density at radius 2 is 1.83 bits per heavy atom. The van der Waals surface area contributed by atoms with Crippen molar-refractivity contribution < 1.29 is 13.2 Å². The van der Waals surface area contributed by atoms with Crippen LogP contribution in [0.25, 0.3) is 0 Å². The lowest BCUT2D eigenvalue weighted by Gasteiger charge is -2.15.